The Hall–Kier alpha value is -2.15. The highest BCUT2D eigenvalue weighted by Crippen LogP contribution is 2.09. The molecule has 1 aromatic carbocycles. The second-order valence-corrected chi connectivity index (χ2v) is 2.44. The van der Waals surface area contributed by atoms with Crippen molar-refractivity contribution in [3.05, 3.63) is 35.1 Å². The summed E-state index contributed by atoms with van der Waals surface area (Å²) in [7, 11) is 0. The fraction of sp³-hybridized carbons (Fsp3) is 0. The van der Waals surface area contributed by atoms with E-state index in [0.29, 0.717) is 6.29 Å². The molecular weight excluding hydrogens is 185 g/mol. The average Bonchev–Trinajstić information content (AvgIpc) is 2.14. The summed E-state index contributed by atoms with van der Waals surface area (Å²) in [6, 6.07) is 3.38. The van der Waals surface area contributed by atoms with Crippen molar-refractivity contribution in [3.63, 3.8) is 0 Å². The summed E-state index contributed by atoms with van der Waals surface area (Å²) in [5.41, 5.74) is 5.23. The van der Waals surface area contributed by atoms with Gasteiger partial charge in [-0.05, 0) is 24.1 Å². The smallest absolute Gasteiger partial charge is 0.249 e. The lowest BCUT2D eigenvalue weighted by atomic mass is 10.1. The van der Waals surface area contributed by atoms with Crippen LogP contribution in [0.3, 0.4) is 0 Å². The Morgan fingerprint density at radius 1 is 1.50 bits per heavy atom. The predicted octanol–water partition coefficient (Wildman–Crippen LogP) is 0.475. The van der Waals surface area contributed by atoms with Gasteiger partial charge in [0.15, 0.2) is 6.29 Å². The largest absolute Gasteiger partial charge is 0.366 e. The molecule has 1 amide bonds. The molecule has 0 aliphatic heterocycles. The Kier molecular flexibility index (Phi) is 2.97. The molecule has 0 fully saturated rings. The number of amides is 1. The molecule has 0 radical (unpaired) electrons. The first-order chi connectivity index (χ1) is 6.65. The van der Waals surface area contributed by atoms with Gasteiger partial charge in [0.25, 0.3) is 0 Å². The minimum absolute atomic E-state index is 0.0979. The molecule has 0 saturated carbocycles. The lowest BCUT2D eigenvalue weighted by molar-refractivity contribution is -0.103. The average molecular weight is 191 g/mol. The molecule has 0 unspecified atom stereocenters. The van der Waals surface area contributed by atoms with Gasteiger partial charge in [0.2, 0.25) is 5.91 Å². The van der Waals surface area contributed by atoms with E-state index in [-0.39, 0.29) is 11.1 Å². The molecule has 0 spiro atoms. The summed E-state index contributed by atoms with van der Waals surface area (Å²) in [5, 5.41) is 0. The Balaban J connectivity index is 3.29. The van der Waals surface area contributed by atoms with Crippen LogP contribution in [0, 0.1) is 17.7 Å². The normalized spacial score (nSPS) is 8.64. The van der Waals surface area contributed by atoms with Crippen LogP contribution in [-0.2, 0) is 4.79 Å². The molecule has 3 nitrogen and oxygen atoms in total. The van der Waals surface area contributed by atoms with Crippen LogP contribution in [0.4, 0.5) is 4.39 Å². The van der Waals surface area contributed by atoms with Crippen molar-refractivity contribution in [2.45, 2.75) is 0 Å². The van der Waals surface area contributed by atoms with Crippen LogP contribution in [-0.4, -0.2) is 12.2 Å². The van der Waals surface area contributed by atoms with Crippen LogP contribution >= 0.6 is 0 Å². The topological polar surface area (TPSA) is 60.2 Å². The maximum absolute atomic E-state index is 12.7. The summed E-state index contributed by atoms with van der Waals surface area (Å²) in [6.45, 7) is 0. The van der Waals surface area contributed by atoms with E-state index in [1.165, 1.54) is 6.07 Å². The third kappa shape index (κ3) is 2.17. The second kappa shape index (κ2) is 4.19. The van der Waals surface area contributed by atoms with Crippen molar-refractivity contribution >= 4 is 12.2 Å². The molecule has 1 aromatic rings. The van der Waals surface area contributed by atoms with Crippen LogP contribution in [0.25, 0.3) is 0 Å². The van der Waals surface area contributed by atoms with Crippen molar-refractivity contribution in [3.8, 4) is 11.8 Å². The lowest BCUT2D eigenvalue weighted by Crippen LogP contribution is -2.12. The predicted molar refractivity (Wildman–Crippen MR) is 47.9 cm³/mol. The summed E-state index contributed by atoms with van der Waals surface area (Å²) in [4.78, 5) is 20.8. The highest BCUT2D eigenvalue weighted by atomic mass is 19.1. The van der Waals surface area contributed by atoms with E-state index < -0.39 is 11.7 Å². The lowest BCUT2D eigenvalue weighted by Gasteiger charge is -1.98. The second-order valence-electron chi connectivity index (χ2n) is 2.44. The first kappa shape index (κ1) is 9.93. The van der Waals surface area contributed by atoms with E-state index in [0.717, 1.165) is 12.1 Å². The summed E-state index contributed by atoms with van der Waals surface area (Å²) >= 11 is 0. The number of carbonyl (C=O) groups is 2. The first-order valence-electron chi connectivity index (χ1n) is 3.69. The first-order valence-corrected chi connectivity index (χ1v) is 3.69. The monoisotopic (exact) mass is 191 g/mol. The van der Waals surface area contributed by atoms with Crippen LogP contribution in [0.5, 0.6) is 0 Å². The molecule has 2 N–H and O–H groups in total. The van der Waals surface area contributed by atoms with Crippen LogP contribution in [0.1, 0.15) is 15.9 Å². The van der Waals surface area contributed by atoms with Crippen molar-refractivity contribution in [1.82, 2.24) is 0 Å². The maximum Gasteiger partial charge on any atom is 0.249 e. The summed E-state index contributed by atoms with van der Waals surface area (Å²) < 4.78 is 12.7. The molecule has 4 heteroatoms. The van der Waals surface area contributed by atoms with E-state index in [2.05, 4.69) is 11.8 Å². The molecule has 0 heterocycles. The standard InChI is InChI=1S/C10H6FNO2/c11-8-3-4-9(10(12)14)7(6-8)2-1-5-13/h3-6H,(H2,12,14). The Morgan fingerprint density at radius 3 is 2.79 bits per heavy atom. The van der Waals surface area contributed by atoms with Gasteiger partial charge in [0.1, 0.15) is 5.82 Å². The Morgan fingerprint density at radius 2 is 2.21 bits per heavy atom. The molecular formula is C10H6FNO2. The zero-order valence-electron chi connectivity index (χ0n) is 7.08. The van der Waals surface area contributed by atoms with Crippen molar-refractivity contribution in [1.29, 1.82) is 0 Å². The number of carbonyl (C=O) groups excluding carboxylic acids is 2. The minimum atomic E-state index is -0.708. The number of nitrogens with two attached hydrogens (primary N) is 1. The molecule has 0 atom stereocenters. The third-order valence-corrected chi connectivity index (χ3v) is 1.51. The maximum atomic E-state index is 12.7. The number of halogens is 1. The molecule has 0 aromatic heterocycles. The highest BCUT2D eigenvalue weighted by Gasteiger charge is 2.06. The van der Waals surface area contributed by atoms with E-state index in [1.807, 2.05) is 0 Å². The summed E-state index contributed by atoms with van der Waals surface area (Å²) in [5.74, 6) is 3.16. The number of rotatable bonds is 1. The van der Waals surface area contributed by atoms with Crippen molar-refractivity contribution in [2.24, 2.45) is 5.73 Å². The SMILES string of the molecule is NC(=O)c1ccc(F)cc1C#CC=O. The number of hydrogen-bond acceptors (Lipinski definition) is 2. The number of hydrogen-bond donors (Lipinski definition) is 1. The van der Waals surface area contributed by atoms with Crippen LogP contribution < -0.4 is 5.73 Å². The van der Waals surface area contributed by atoms with Gasteiger partial charge < -0.3 is 5.73 Å². The van der Waals surface area contributed by atoms with E-state index in [9.17, 15) is 14.0 Å². The zero-order chi connectivity index (χ0) is 10.6. The van der Waals surface area contributed by atoms with Gasteiger partial charge in [0, 0.05) is 5.56 Å². The van der Waals surface area contributed by atoms with Gasteiger partial charge in [-0.3, -0.25) is 9.59 Å². The van der Waals surface area contributed by atoms with Gasteiger partial charge in [-0.15, -0.1) is 0 Å². The van der Waals surface area contributed by atoms with Gasteiger partial charge >= 0.3 is 0 Å². The van der Waals surface area contributed by atoms with Gasteiger partial charge in [0.05, 0.1) is 5.56 Å². The molecule has 0 saturated heterocycles. The molecule has 0 aliphatic rings. The fourth-order valence-corrected chi connectivity index (χ4v) is 0.942. The van der Waals surface area contributed by atoms with E-state index in [4.69, 9.17) is 5.73 Å². The van der Waals surface area contributed by atoms with Gasteiger partial charge in [-0.25, -0.2) is 4.39 Å². The minimum Gasteiger partial charge on any atom is -0.366 e. The number of benzene rings is 1. The van der Waals surface area contributed by atoms with Crippen LogP contribution in [0.2, 0.25) is 0 Å². The zero-order valence-corrected chi connectivity index (χ0v) is 7.08. The van der Waals surface area contributed by atoms with E-state index in [1.54, 1.807) is 0 Å². The Labute approximate surface area is 79.7 Å². The van der Waals surface area contributed by atoms with Gasteiger partial charge in [-0.2, -0.15) is 0 Å². The highest BCUT2D eigenvalue weighted by molar-refractivity contribution is 5.95. The van der Waals surface area contributed by atoms with Crippen LogP contribution in [0.15, 0.2) is 18.2 Å². The molecule has 14 heavy (non-hydrogen) atoms. The van der Waals surface area contributed by atoms with E-state index >= 15 is 0 Å². The number of primary amides is 1. The molecule has 70 valence electrons. The Bertz CT molecular complexity index is 443. The van der Waals surface area contributed by atoms with Crippen molar-refractivity contribution < 1.29 is 14.0 Å². The third-order valence-electron chi connectivity index (χ3n) is 1.51. The molecule has 0 aliphatic carbocycles. The molecule has 0 bridgehead atoms. The summed E-state index contributed by atoms with van der Waals surface area (Å²) in [6.07, 6.45) is 0.357. The molecule has 1 rings (SSSR count). The van der Waals surface area contributed by atoms with Crippen molar-refractivity contribution in [2.75, 3.05) is 0 Å². The fourth-order valence-electron chi connectivity index (χ4n) is 0.942. The number of aldehydes is 1. The van der Waals surface area contributed by atoms with Gasteiger partial charge in [-0.1, -0.05) is 5.92 Å². The quantitative estimate of drug-likeness (QED) is 0.518.